The van der Waals surface area contributed by atoms with Crippen LogP contribution < -0.4 is 5.32 Å². The number of nitrogens with one attached hydrogen (secondary N) is 1. The lowest BCUT2D eigenvalue weighted by Crippen LogP contribution is -2.29. The van der Waals surface area contributed by atoms with Gasteiger partial charge in [-0.05, 0) is 37.1 Å². The van der Waals surface area contributed by atoms with Crippen LogP contribution in [-0.4, -0.2) is 17.1 Å². The Bertz CT molecular complexity index is 393. The number of carboxylic acids is 1. The van der Waals surface area contributed by atoms with E-state index >= 15 is 0 Å². The summed E-state index contributed by atoms with van der Waals surface area (Å²) in [5.41, 5.74) is 1.95. The van der Waals surface area contributed by atoms with E-state index in [1.54, 1.807) is 0 Å². The smallest absolute Gasteiger partial charge is 0.326 e. The molecular formula is C13H18BrNO2. The number of aryl methyl sites for hydroxylation is 1. The molecule has 1 unspecified atom stereocenters. The number of carbonyl (C=O) groups is 1. The van der Waals surface area contributed by atoms with E-state index in [1.807, 2.05) is 25.1 Å². The van der Waals surface area contributed by atoms with Crippen LogP contribution in [0.3, 0.4) is 0 Å². The topological polar surface area (TPSA) is 49.3 Å². The molecule has 0 heterocycles. The predicted molar refractivity (Wildman–Crippen MR) is 73.5 cm³/mol. The molecule has 0 amide bonds. The van der Waals surface area contributed by atoms with Crippen LogP contribution in [0, 0.1) is 6.92 Å². The minimum absolute atomic E-state index is 0.504. The Morgan fingerprint density at radius 1 is 1.53 bits per heavy atom. The molecule has 1 atom stereocenters. The summed E-state index contributed by atoms with van der Waals surface area (Å²) < 4.78 is 1.03. The van der Waals surface area contributed by atoms with Crippen molar-refractivity contribution in [1.82, 2.24) is 0 Å². The molecule has 3 nitrogen and oxygen atoms in total. The Morgan fingerprint density at radius 3 is 2.76 bits per heavy atom. The highest BCUT2D eigenvalue weighted by molar-refractivity contribution is 9.10. The van der Waals surface area contributed by atoms with Crippen molar-refractivity contribution >= 4 is 27.6 Å². The van der Waals surface area contributed by atoms with Gasteiger partial charge in [0.25, 0.3) is 0 Å². The fourth-order valence-electron chi connectivity index (χ4n) is 1.60. The van der Waals surface area contributed by atoms with Gasteiger partial charge in [-0.25, -0.2) is 4.79 Å². The van der Waals surface area contributed by atoms with Gasteiger partial charge in [-0.3, -0.25) is 0 Å². The summed E-state index contributed by atoms with van der Waals surface area (Å²) in [5, 5.41) is 12.2. The van der Waals surface area contributed by atoms with Crippen LogP contribution in [0.5, 0.6) is 0 Å². The lowest BCUT2D eigenvalue weighted by molar-refractivity contribution is -0.138. The van der Waals surface area contributed by atoms with Gasteiger partial charge in [0.1, 0.15) is 6.04 Å². The van der Waals surface area contributed by atoms with E-state index in [1.165, 1.54) is 0 Å². The molecular weight excluding hydrogens is 282 g/mol. The number of benzene rings is 1. The van der Waals surface area contributed by atoms with Crippen molar-refractivity contribution < 1.29 is 9.90 Å². The van der Waals surface area contributed by atoms with E-state index in [0.29, 0.717) is 6.42 Å². The molecule has 1 rings (SSSR count). The summed E-state index contributed by atoms with van der Waals surface area (Å²) in [6, 6.07) is 5.26. The Balaban J connectivity index is 2.71. The summed E-state index contributed by atoms with van der Waals surface area (Å²) in [6.45, 7) is 4.04. The first-order chi connectivity index (χ1) is 8.04. The maximum Gasteiger partial charge on any atom is 0.326 e. The van der Waals surface area contributed by atoms with Crippen molar-refractivity contribution in [2.45, 2.75) is 39.2 Å². The molecule has 17 heavy (non-hydrogen) atoms. The Labute approximate surface area is 110 Å². The van der Waals surface area contributed by atoms with Gasteiger partial charge in [-0.1, -0.05) is 35.7 Å². The molecule has 0 spiro atoms. The van der Waals surface area contributed by atoms with Gasteiger partial charge >= 0.3 is 5.97 Å². The third-order valence-electron chi connectivity index (χ3n) is 2.64. The van der Waals surface area contributed by atoms with E-state index in [-0.39, 0.29) is 0 Å². The fourth-order valence-corrected chi connectivity index (χ4v) is 1.85. The molecule has 4 heteroatoms. The zero-order valence-corrected chi connectivity index (χ0v) is 11.8. The molecule has 0 radical (unpaired) electrons. The SMILES string of the molecule is CCCCC(Nc1ccc(Br)c(C)c1)C(=O)O. The van der Waals surface area contributed by atoms with Gasteiger partial charge in [0.2, 0.25) is 0 Å². The average molecular weight is 300 g/mol. The van der Waals surface area contributed by atoms with E-state index < -0.39 is 12.0 Å². The highest BCUT2D eigenvalue weighted by Crippen LogP contribution is 2.21. The minimum atomic E-state index is -0.793. The molecule has 0 bridgehead atoms. The van der Waals surface area contributed by atoms with Crippen molar-refractivity contribution in [2.75, 3.05) is 5.32 Å². The molecule has 2 N–H and O–H groups in total. The summed E-state index contributed by atoms with van der Waals surface area (Å²) in [7, 11) is 0. The Morgan fingerprint density at radius 2 is 2.24 bits per heavy atom. The molecule has 0 aliphatic heterocycles. The molecule has 0 fully saturated rings. The van der Waals surface area contributed by atoms with Gasteiger partial charge in [0, 0.05) is 10.2 Å². The number of carboxylic acid groups (broad SMARTS) is 1. The van der Waals surface area contributed by atoms with E-state index in [4.69, 9.17) is 5.11 Å². The number of hydrogen-bond acceptors (Lipinski definition) is 2. The number of halogens is 1. The molecule has 0 saturated carbocycles. The lowest BCUT2D eigenvalue weighted by atomic mass is 10.1. The van der Waals surface area contributed by atoms with Crippen LogP contribution in [0.4, 0.5) is 5.69 Å². The zero-order valence-electron chi connectivity index (χ0n) is 10.2. The second-order valence-electron chi connectivity index (χ2n) is 4.14. The van der Waals surface area contributed by atoms with Crippen molar-refractivity contribution in [3.05, 3.63) is 28.2 Å². The zero-order chi connectivity index (χ0) is 12.8. The highest BCUT2D eigenvalue weighted by atomic mass is 79.9. The number of unbranched alkanes of at least 4 members (excludes halogenated alkanes) is 1. The number of anilines is 1. The van der Waals surface area contributed by atoms with Crippen molar-refractivity contribution in [3.63, 3.8) is 0 Å². The number of hydrogen-bond donors (Lipinski definition) is 2. The molecule has 1 aromatic carbocycles. The van der Waals surface area contributed by atoms with Gasteiger partial charge in [-0.2, -0.15) is 0 Å². The lowest BCUT2D eigenvalue weighted by Gasteiger charge is -2.16. The van der Waals surface area contributed by atoms with Gasteiger partial charge in [-0.15, -0.1) is 0 Å². The Hall–Kier alpha value is -1.03. The number of rotatable bonds is 6. The maximum atomic E-state index is 11.1. The molecule has 1 aromatic rings. The second-order valence-corrected chi connectivity index (χ2v) is 5.00. The Kier molecular flexibility index (Phi) is 5.48. The maximum absolute atomic E-state index is 11.1. The summed E-state index contributed by atoms with van der Waals surface area (Å²) >= 11 is 3.42. The molecule has 94 valence electrons. The van der Waals surface area contributed by atoms with Crippen LogP contribution in [-0.2, 0) is 4.79 Å². The van der Waals surface area contributed by atoms with E-state index in [9.17, 15) is 4.79 Å². The van der Waals surface area contributed by atoms with Crippen LogP contribution in [0.25, 0.3) is 0 Å². The van der Waals surface area contributed by atoms with Crippen LogP contribution in [0.15, 0.2) is 22.7 Å². The first-order valence-electron chi connectivity index (χ1n) is 5.80. The summed E-state index contributed by atoms with van der Waals surface area (Å²) in [6.07, 6.45) is 2.57. The average Bonchev–Trinajstić information content (AvgIpc) is 2.28. The van der Waals surface area contributed by atoms with Gasteiger partial charge in [0.05, 0.1) is 0 Å². The van der Waals surface area contributed by atoms with Crippen molar-refractivity contribution in [3.8, 4) is 0 Å². The quantitative estimate of drug-likeness (QED) is 0.840. The minimum Gasteiger partial charge on any atom is -0.480 e. The fraction of sp³-hybridized carbons (Fsp3) is 0.462. The first-order valence-corrected chi connectivity index (χ1v) is 6.59. The normalized spacial score (nSPS) is 12.2. The van der Waals surface area contributed by atoms with E-state index in [2.05, 4.69) is 28.2 Å². The number of aliphatic carboxylic acids is 1. The molecule has 0 aliphatic carbocycles. The highest BCUT2D eigenvalue weighted by Gasteiger charge is 2.16. The summed E-state index contributed by atoms with van der Waals surface area (Å²) in [4.78, 5) is 11.1. The van der Waals surface area contributed by atoms with Crippen LogP contribution >= 0.6 is 15.9 Å². The molecule has 0 aliphatic rings. The van der Waals surface area contributed by atoms with E-state index in [0.717, 1.165) is 28.6 Å². The van der Waals surface area contributed by atoms with Crippen LogP contribution in [0.1, 0.15) is 31.7 Å². The molecule has 0 saturated heterocycles. The summed E-state index contributed by atoms with van der Waals surface area (Å²) in [5.74, 6) is -0.793. The third kappa shape index (κ3) is 4.38. The monoisotopic (exact) mass is 299 g/mol. The molecule has 0 aromatic heterocycles. The third-order valence-corrected chi connectivity index (χ3v) is 3.53. The largest absolute Gasteiger partial charge is 0.480 e. The predicted octanol–water partition coefficient (Wildman–Crippen LogP) is 3.81. The standard InChI is InChI=1S/C13H18BrNO2/c1-3-4-5-12(13(16)17)15-10-6-7-11(14)9(2)8-10/h6-8,12,15H,3-5H2,1-2H3,(H,16,17). The first kappa shape index (κ1) is 14.0. The van der Waals surface area contributed by atoms with Gasteiger partial charge in [0.15, 0.2) is 0 Å². The second kappa shape index (κ2) is 6.64. The van der Waals surface area contributed by atoms with Crippen molar-refractivity contribution in [2.24, 2.45) is 0 Å². The van der Waals surface area contributed by atoms with Gasteiger partial charge < -0.3 is 10.4 Å². The van der Waals surface area contributed by atoms with Crippen LogP contribution in [0.2, 0.25) is 0 Å². The van der Waals surface area contributed by atoms with Crippen molar-refractivity contribution in [1.29, 1.82) is 0 Å².